The summed E-state index contributed by atoms with van der Waals surface area (Å²) in [4.78, 5) is 8.47. The summed E-state index contributed by atoms with van der Waals surface area (Å²) in [5.74, 6) is 0.879. The number of nitrogens with zero attached hydrogens (tertiary/aromatic N) is 2. The number of guanidine groups is 1. The Morgan fingerprint density at radius 1 is 1.07 bits per heavy atom. The molecule has 0 saturated heterocycles. The Morgan fingerprint density at radius 2 is 1.85 bits per heavy atom. The maximum atomic E-state index is 5.89. The van der Waals surface area contributed by atoms with Gasteiger partial charge in [0.15, 0.2) is 5.58 Å². The molecule has 4 rings (SSSR count). The average molecular weight is 358 g/mol. The lowest BCUT2D eigenvalue weighted by Crippen LogP contribution is -2.23. The summed E-state index contributed by atoms with van der Waals surface area (Å²) < 4.78 is 11.3. The number of oxazole rings is 1. The van der Waals surface area contributed by atoms with Crippen molar-refractivity contribution in [2.75, 3.05) is 11.9 Å². The van der Waals surface area contributed by atoms with E-state index in [1.165, 1.54) is 0 Å². The van der Waals surface area contributed by atoms with Gasteiger partial charge in [0.25, 0.3) is 0 Å². The van der Waals surface area contributed by atoms with Crippen LogP contribution < -0.4 is 15.8 Å². The van der Waals surface area contributed by atoms with Crippen LogP contribution in [-0.2, 0) is 0 Å². The number of anilines is 1. The van der Waals surface area contributed by atoms with Crippen LogP contribution in [0.2, 0.25) is 0 Å². The molecule has 0 aliphatic rings. The Hall–Kier alpha value is -3.80. The van der Waals surface area contributed by atoms with Crippen molar-refractivity contribution in [3.05, 3.63) is 79.0 Å². The van der Waals surface area contributed by atoms with Crippen LogP contribution in [0.3, 0.4) is 0 Å². The number of benzene rings is 3. The van der Waals surface area contributed by atoms with E-state index in [9.17, 15) is 0 Å². The molecule has 0 unspecified atom stereocenters. The number of aliphatic imine (C=N–C) groups is 1. The topological polar surface area (TPSA) is 85.7 Å². The van der Waals surface area contributed by atoms with Gasteiger partial charge in [0.1, 0.15) is 17.9 Å². The molecule has 0 saturated carbocycles. The largest absolute Gasteiger partial charge is 0.487 e. The highest BCUT2D eigenvalue weighted by atomic mass is 16.5. The molecule has 6 nitrogen and oxygen atoms in total. The van der Waals surface area contributed by atoms with Gasteiger partial charge in [0, 0.05) is 0 Å². The van der Waals surface area contributed by atoms with Crippen molar-refractivity contribution in [1.29, 1.82) is 0 Å². The van der Waals surface area contributed by atoms with E-state index in [1.807, 2.05) is 60.7 Å². The molecule has 3 aromatic carbocycles. The average Bonchev–Trinajstić information content (AvgIpc) is 3.08. The number of hydrogen-bond acceptors (Lipinski definition) is 4. The highest BCUT2D eigenvalue weighted by molar-refractivity contribution is 5.92. The molecule has 0 atom stereocenters. The number of nitrogens with one attached hydrogen (secondary N) is 1. The summed E-state index contributed by atoms with van der Waals surface area (Å²) in [6.45, 7) is 4.09. The standard InChI is InChI=1S/C21H18N4O2/c1-14(13-26-17-11-10-15-6-2-3-7-16(15)12-17)23-20(22)25-21-24-18-8-4-5-9-19(18)27-21/h2-12H,1,13H2,(H3,22,23,24,25). The summed E-state index contributed by atoms with van der Waals surface area (Å²) >= 11 is 0. The predicted molar refractivity (Wildman–Crippen MR) is 108 cm³/mol. The van der Waals surface area contributed by atoms with E-state index in [1.54, 1.807) is 0 Å². The Kier molecular flexibility index (Phi) is 4.45. The first kappa shape index (κ1) is 16.7. The monoisotopic (exact) mass is 358 g/mol. The third-order valence-corrected chi connectivity index (χ3v) is 3.93. The number of ether oxygens (including phenoxy) is 1. The minimum absolute atomic E-state index is 0.133. The molecule has 3 N–H and O–H groups in total. The van der Waals surface area contributed by atoms with Gasteiger partial charge in [-0.25, -0.2) is 4.99 Å². The van der Waals surface area contributed by atoms with Gasteiger partial charge >= 0.3 is 6.01 Å². The molecule has 6 heteroatoms. The van der Waals surface area contributed by atoms with Crippen molar-refractivity contribution in [1.82, 2.24) is 4.98 Å². The second-order valence-corrected chi connectivity index (χ2v) is 5.97. The van der Waals surface area contributed by atoms with Gasteiger partial charge in [-0.1, -0.05) is 49.0 Å². The fraction of sp³-hybridized carbons (Fsp3) is 0.0476. The van der Waals surface area contributed by atoms with Gasteiger partial charge in [-0.05, 0) is 35.0 Å². The van der Waals surface area contributed by atoms with Crippen LogP contribution in [-0.4, -0.2) is 17.6 Å². The number of para-hydroxylation sites is 2. The van der Waals surface area contributed by atoms with Crippen molar-refractivity contribution < 1.29 is 9.15 Å². The van der Waals surface area contributed by atoms with Crippen molar-refractivity contribution in [2.24, 2.45) is 10.7 Å². The zero-order chi connectivity index (χ0) is 18.6. The number of hydrogen-bond donors (Lipinski definition) is 2. The van der Waals surface area contributed by atoms with Crippen molar-refractivity contribution in [2.45, 2.75) is 0 Å². The van der Waals surface area contributed by atoms with Gasteiger partial charge < -0.3 is 14.9 Å². The van der Waals surface area contributed by atoms with Crippen molar-refractivity contribution in [3.8, 4) is 5.75 Å². The van der Waals surface area contributed by atoms with E-state index in [2.05, 4.69) is 27.9 Å². The molecule has 27 heavy (non-hydrogen) atoms. The lowest BCUT2D eigenvalue weighted by molar-refractivity contribution is 0.352. The van der Waals surface area contributed by atoms with Crippen LogP contribution in [0.25, 0.3) is 21.9 Å². The van der Waals surface area contributed by atoms with E-state index in [4.69, 9.17) is 14.9 Å². The van der Waals surface area contributed by atoms with Gasteiger partial charge in [0.05, 0.1) is 5.70 Å². The summed E-state index contributed by atoms with van der Waals surface area (Å²) in [6.07, 6.45) is 0. The number of rotatable bonds is 5. The zero-order valence-electron chi connectivity index (χ0n) is 14.6. The normalized spacial score (nSPS) is 11.6. The maximum Gasteiger partial charge on any atom is 0.302 e. The molecule has 4 aromatic rings. The zero-order valence-corrected chi connectivity index (χ0v) is 14.6. The van der Waals surface area contributed by atoms with E-state index in [0.29, 0.717) is 11.3 Å². The van der Waals surface area contributed by atoms with Crippen LogP contribution in [0, 0.1) is 0 Å². The second-order valence-electron chi connectivity index (χ2n) is 5.97. The highest BCUT2D eigenvalue weighted by Crippen LogP contribution is 2.21. The first-order valence-corrected chi connectivity index (χ1v) is 8.43. The van der Waals surface area contributed by atoms with E-state index in [-0.39, 0.29) is 18.6 Å². The molecule has 0 aliphatic heterocycles. The van der Waals surface area contributed by atoms with Crippen LogP contribution in [0.1, 0.15) is 0 Å². The van der Waals surface area contributed by atoms with Crippen LogP contribution in [0.4, 0.5) is 6.01 Å². The molecule has 0 bridgehead atoms. The summed E-state index contributed by atoms with van der Waals surface area (Å²) in [5, 5.41) is 5.09. The lowest BCUT2D eigenvalue weighted by Gasteiger charge is -2.08. The van der Waals surface area contributed by atoms with Gasteiger partial charge in [-0.2, -0.15) is 4.98 Å². The second kappa shape index (κ2) is 7.21. The van der Waals surface area contributed by atoms with Gasteiger partial charge in [0.2, 0.25) is 5.96 Å². The first-order chi connectivity index (χ1) is 13.2. The van der Waals surface area contributed by atoms with Gasteiger partial charge in [-0.3, -0.25) is 5.32 Å². The van der Waals surface area contributed by atoms with E-state index >= 15 is 0 Å². The Morgan fingerprint density at radius 3 is 2.70 bits per heavy atom. The molecule has 134 valence electrons. The van der Waals surface area contributed by atoms with Crippen molar-refractivity contribution in [3.63, 3.8) is 0 Å². The fourth-order valence-electron chi connectivity index (χ4n) is 2.69. The maximum absolute atomic E-state index is 5.89. The molecule has 1 heterocycles. The molecule has 0 spiro atoms. The number of fused-ring (bicyclic) bond motifs is 2. The smallest absolute Gasteiger partial charge is 0.302 e. The predicted octanol–water partition coefficient (Wildman–Crippen LogP) is 4.30. The van der Waals surface area contributed by atoms with Gasteiger partial charge in [-0.15, -0.1) is 0 Å². The quantitative estimate of drug-likeness (QED) is 0.410. The minimum atomic E-state index is 0.133. The van der Waals surface area contributed by atoms with Crippen LogP contribution >= 0.6 is 0 Å². The third-order valence-electron chi connectivity index (χ3n) is 3.93. The summed E-state index contributed by atoms with van der Waals surface area (Å²) in [6, 6.07) is 21.7. The SMILES string of the molecule is C=C(COc1ccc2ccccc2c1)/N=C(\N)Nc1nc2ccccc2o1. The number of aromatic nitrogens is 1. The molecule has 0 radical (unpaired) electrons. The van der Waals surface area contributed by atoms with Crippen LogP contribution in [0.15, 0.2) is 88.4 Å². The Bertz CT molecular complexity index is 1110. The van der Waals surface area contributed by atoms with E-state index in [0.717, 1.165) is 22.0 Å². The van der Waals surface area contributed by atoms with Crippen molar-refractivity contribution >= 4 is 33.8 Å². The summed E-state index contributed by atoms with van der Waals surface area (Å²) in [7, 11) is 0. The molecule has 0 aliphatic carbocycles. The Balaban J connectivity index is 1.38. The lowest BCUT2D eigenvalue weighted by atomic mass is 10.1. The minimum Gasteiger partial charge on any atom is -0.487 e. The molecule has 0 amide bonds. The molecule has 0 fully saturated rings. The van der Waals surface area contributed by atoms with E-state index < -0.39 is 0 Å². The number of nitrogens with two attached hydrogens (primary N) is 1. The fourth-order valence-corrected chi connectivity index (χ4v) is 2.69. The van der Waals surface area contributed by atoms with Crippen LogP contribution in [0.5, 0.6) is 5.75 Å². The molecular weight excluding hydrogens is 340 g/mol. The Labute approximate surface area is 156 Å². The molecule has 1 aromatic heterocycles. The molecular formula is C21H18N4O2. The first-order valence-electron chi connectivity index (χ1n) is 8.43. The third kappa shape index (κ3) is 3.90. The highest BCUT2D eigenvalue weighted by Gasteiger charge is 2.06. The summed E-state index contributed by atoms with van der Waals surface area (Å²) in [5.41, 5.74) is 7.78.